The molecule has 0 saturated carbocycles. The maximum Gasteiger partial charge on any atom is 0.236 e. The van der Waals surface area contributed by atoms with Crippen molar-refractivity contribution in [3.63, 3.8) is 0 Å². The number of nitrogens with zero attached hydrogens (tertiary/aromatic N) is 3. The van der Waals surface area contributed by atoms with Gasteiger partial charge in [0, 0.05) is 33.2 Å². The van der Waals surface area contributed by atoms with E-state index in [4.69, 9.17) is 4.74 Å². The summed E-state index contributed by atoms with van der Waals surface area (Å²) >= 11 is 0. The molecule has 0 N–H and O–H groups in total. The van der Waals surface area contributed by atoms with Crippen LogP contribution in [0.25, 0.3) is 0 Å². The number of anilines is 1. The highest BCUT2D eigenvalue weighted by Crippen LogP contribution is 2.28. The number of likely N-dealkylation sites (N-methyl/N-ethyl adjacent to an activating group) is 1. The minimum absolute atomic E-state index is 0.0482. The minimum Gasteiger partial charge on any atom is -0.495 e. The van der Waals surface area contributed by atoms with Crippen LogP contribution in [0.2, 0.25) is 0 Å². The Morgan fingerprint density at radius 1 is 1.10 bits per heavy atom. The van der Waals surface area contributed by atoms with Crippen molar-refractivity contribution in [2.24, 2.45) is 0 Å². The van der Waals surface area contributed by atoms with E-state index in [1.54, 1.807) is 19.1 Å². The third-order valence-electron chi connectivity index (χ3n) is 5.56. The van der Waals surface area contributed by atoms with Crippen molar-refractivity contribution in [3.8, 4) is 5.75 Å². The fourth-order valence-corrected chi connectivity index (χ4v) is 3.55. The molecule has 2 aromatic carbocycles. The second-order valence-corrected chi connectivity index (χ2v) is 7.29. The highest BCUT2D eigenvalue weighted by molar-refractivity contribution is 5.78. The van der Waals surface area contributed by atoms with E-state index in [1.807, 2.05) is 31.2 Å². The van der Waals surface area contributed by atoms with Crippen LogP contribution in [0.4, 0.5) is 14.5 Å². The second kappa shape index (κ2) is 9.22. The van der Waals surface area contributed by atoms with E-state index < -0.39 is 11.6 Å². The number of benzene rings is 2. The number of para-hydroxylation sites is 2. The van der Waals surface area contributed by atoms with Gasteiger partial charge in [0.2, 0.25) is 5.91 Å². The predicted molar refractivity (Wildman–Crippen MR) is 109 cm³/mol. The summed E-state index contributed by atoms with van der Waals surface area (Å²) in [6.45, 7) is 5.23. The van der Waals surface area contributed by atoms with Gasteiger partial charge in [0.05, 0.1) is 25.4 Å². The molecule has 1 saturated heterocycles. The molecular weight excluding hydrogens is 376 g/mol. The summed E-state index contributed by atoms with van der Waals surface area (Å²) in [5.74, 6) is -0.990. The Kier molecular flexibility index (Phi) is 6.69. The number of ether oxygens (including phenoxy) is 1. The average Bonchev–Trinajstić information content (AvgIpc) is 2.75. The molecule has 1 amide bonds. The van der Waals surface area contributed by atoms with Crippen LogP contribution in [-0.4, -0.2) is 62.6 Å². The zero-order valence-electron chi connectivity index (χ0n) is 17.1. The van der Waals surface area contributed by atoms with E-state index in [9.17, 15) is 13.6 Å². The third kappa shape index (κ3) is 4.85. The molecule has 0 aliphatic carbocycles. The lowest BCUT2D eigenvalue weighted by Crippen LogP contribution is -2.50. The summed E-state index contributed by atoms with van der Waals surface area (Å²) in [4.78, 5) is 18.7. The van der Waals surface area contributed by atoms with Crippen LogP contribution in [0.3, 0.4) is 0 Å². The van der Waals surface area contributed by atoms with Crippen molar-refractivity contribution in [1.29, 1.82) is 0 Å². The van der Waals surface area contributed by atoms with E-state index in [2.05, 4.69) is 9.80 Å². The van der Waals surface area contributed by atoms with E-state index in [0.717, 1.165) is 49.7 Å². The van der Waals surface area contributed by atoms with E-state index in [1.165, 1.54) is 6.07 Å². The van der Waals surface area contributed by atoms with Crippen LogP contribution in [0.5, 0.6) is 5.75 Å². The van der Waals surface area contributed by atoms with Crippen LogP contribution in [-0.2, 0) is 4.79 Å². The smallest absolute Gasteiger partial charge is 0.236 e. The lowest BCUT2D eigenvalue weighted by atomic mass is 10.1. The van der Waals surface area contributed by atoms with Gasteiger partial charge in [0.1, 0.15) is 5.75 Å². The third-order valence-corrected chi connectivity index (χ3v) is 5.56. The number of rotatable bonds is 6. The Labute approximate surface area is 170 Å². The van der Waals surface area contributed by atoms with Crippen molar-refractivity contribution < 1.29 is 18.3 Å². The lowest BCUT2D eigenvalue weighted by molar-refractivity contribution is -0.133. The molecule has 156 valence electrons. The predicted octanol–water partition coefficient (Wildman–Crippen LogP) is 3.32. The first-order valence-corrected chi connectivity index (χ1v) is 9.71. The van der Waals surface area contributed by atoms with Crippen molar-refractivity contribution in [2.75, 3.05) is 51.8 Å². The Bertz CT molecular complexity index is 854. The highest BCUT2D eigenvalue weighted by atomic mass is 19.2. The number of methoxy groups -OCH3 is 1. The molecule has 0 radical (unpaired) electrons. The largest absolute Gasteiger partial charge is 0.495 e. The normalized spacial score (nSPS) is 15.8. The van der Waals surface area contributed by atoms with Gasteiger partial charge in [0.15, 0.2) is 11.6 Å². The van der Waals surface area contributed by atoms with Crippen LogP contribution in [0, 0.1) is 11.6 Å². The number of hydrogen-bond acceptors (Lipinski definition) is 4. The maximum atomic E-state index is 13.5. The molecule has 0 spiro atoms. The first-order valence-electron chi connectivity index (χ1n) is 9.71. The summed E-state index contributed by atoms with van der Waals surface area (Å²) in [7, 11) is 3.36. The minimum atomic E-state index is -0.900. The van der Waals surface area contributed by atoms with Gasteiger partial charge in [-0.1, -0.05) is 18.2 Å². The Morgan fingerprint density at radius 2 is 1.79 bits per heavy atom. The quantitative estimate of drug-likeness (QED) is 0.742. The standard InChI is InChI=1S/C22H27F2N3O2/c1-16(17-8-9-18(23)19(24)14-17)25(2)22(28)15-26-10-12-27(13-11-26)20-6-4-5-7-21(20)29-3/h4-9,14,16H,10-13,15H2,1-3H3. The summed E-state index contributed by atoms with van der Waals surface area (Å²) in [5.41, 5.74) is 1.63. The monoisotopic (exact) mass is 403 g/mol. The molecule has 1 heterocycles. The van der Waals surface area contributed by atoms with Gasteiger partial charge < -0.3 is 14.5 Å². The topological polar surface area (TPSA) is 36.0 Å². The molecule has 1 aliphatic heterocycles. The van der Waals surface area contributed by atoms with Crippen LogP contribution in [0.1, 0.15) is 18.5 Å². The molecule has 0 bridgehead atoms. The van der Waals surface area contributed by atoms with Crippen LogP contribution in [0.15, 0.2) is 42.5 Å². The molecule has 0 aromatic heterocycles. The summed E-state index contributed by atoms with van der Waals surface area (Å²) in [6.07, 6.45) is 0. The summed E-state index contributed by atoms with van der Waals surface area (Å²) in [5, 5.41) is 0. The number of carbonyl (C=O) groups excluding carboxylic acids is 1. The Balaban J connectivity index is 1.55. The number of hydrogen-bond donors (Lipinski definition) is 0. The maximum absolute atomic E-state index is 13.5. The highest BCUT2D eigenvalue weighted by Gasteiger charge is 2.24. The molecule has 3 rings (SSSR count). The van der Waals surface area contributed by atoms with Gasteiger partial charge in [-0.3, -0.25) is 9.69 Å². The molecule has 5 nitrogen and oxygen atoms in total. The van der Waals surface area contributed by atoms with Gasteiger partial charge in [-0.2, -0.15) is 0 Å². The number of piperazine rings is 1. The molecule has 2 aromatic rings. The van der Waals surface area contributed by atoms with Gasteiger partial charge in [-0.25, -0.2) is 8.78 Å². The Hall–Kier alpha value is -2.67. The Morgan fingerprint density at radius 3 is 2.45 bits per heavy atom. The van der Waals surface area contributed by atoms with Gasteiger partial charge in [-0.05, 0) is 36.8 Å². The zero-order valence-corrected chi connectivity index (χ0v) is 17.1. The number of halogens is 2. The zero-order chi connectivity index (χ0) is 21.0. The SMILES string of the molecule is COc1ccccc1N1CCN(CC(=O)N(C)C(C)c2ccc(F)c(F)c2)CC1. The first kappa shape index (κ1) is 21.0. The fourth-order valence-electron chi connectivity index (χ4n) is 3.55. The molecule has 29 heavy (non-hydrogen) atoms. The van der Waals surface area contributed by atoms with Crippen molar-refractivity contribution in [2.45, 2.75) is 13.0 Å². The number of amides is 1. The first-order chi connectivity index (χ1) is 13.9. The van der Waals surface area contributed by atoms with Crippen molar-refractivity contribution >= 4 is 11.6 Å². The van der Waals surface area contributed by atoms with Crippen LogP contribution < -0.4 is 9.64 Å². The molecule has 7 heteroatoms. The molecule has 1 aliphatic rings. The van der Waals surface area contributed by atoms with Gasteiger partial charge >= 0.3 is 0 Å². The van der Waals surface area contributed by atoms with E-state index >= 15 is 0 Å². The summed E-state index contributed by atoms with van der Waals surface area (Å²) < 4.78 is 32.1. The average molecular weight is 403 g/mol. The van der Waals surface area contributed by atoms with Gasteiger partial charge in [-0.15, -0.1) is 0 Å². The van der Waals surface area contributed by atoms with Crippen molar-refractivity contribution in [1.82, 2.24) is 9.80 Å². The second-order valence-electron chi connectivity index (χ2n) is 7.29. The number of carbonyl (C=O) groups is 1. The molecule has 1 atom stereocenters. The van der Waals surface area contributed by atoms with E-state index in [0.29, 0.717) is 12.1 Å². The molecule has 1 fully saturated rings. The fraction of sp³-hybridized carbons (Fsp3) is 0.409. The van der Waals surface area contributed by atoms with Gasteiger partial charge in [0.25, 0.3) is 0 Å². The van der Waals surface area contributed by atoms with E-state index in [-0.39, 0.29) is 11.9 Å². The molecular formula is C22H27F2N3O2. The van der Waals surface area contributed by atoms with Crippen molar-refractivity contribution in [3.05, 3.63) is 59.7 Å². The lowest BCUT2D eigenvalue weighted by Gasteiger charge is -2.37. The van der Waals surface area contributed by atoms with Crippen LogP contribution >= 0.6 is 0 Å². The summed E-state index contributed by atoms with van der Waals surface area (Å²) in [6, 6.07) is 11.3. The molecule has 1 unspecified atom stereocenters.